The SMILES string of the molecule is Cc1cc2c(N3CCC(c4nnc5ccc(N(C)C)nn45)CC3)nccn2n1. The van der Waals surface area contributed by atoms with E-state index in [1.807, 2.05) is 59.5 Å². The number of hydrogen-bond acceptors (Lipinski definition) is 7. The lowest BCUT2D eigenvalue weighted by Gasteiger charge is -2.32. The molecule has 0 bridgehead atoms. The smallest absolute Gasteiger partial charge is 0.178 e. The molecule has 1 fully saturated rings. The van der Waals surface area contributed by atoms with Gasteiger partial charge in [-0.3, -0.25) is 0 Å². The first-order valence-corrected chi connectivity index (χ1v) is 9.56. The number of piperidine rings is 1. The fourth-order valence-corrected chi connectivity index (χ4v) is 3.91. The molecular weight excluding hydrogens is 354 g/mol. The number of anilines is 2. The van der Waals surface area contributed by atoms with E-state index in [-0.39, 0.29) is 0 Å². The Morgan fingerprint density at radius 1 is 1.07 bits per heavy atom. The molecule has 28 heavy (non-hydrogen) atoms. The molecule has 4 aromatic heterocycles. The summed E-state index contributed by atoms with van der Waals surface area (Å²) in [5.74, 6) is 3.19. The lowest BCUT2D eigenvalue weighted by molar-refractivity contribution is 0.475. The second-order valence-corrected chi connectivity index (χ2v) is 7.54. The van der Waals surface area contributed by atoms with Crippen molar-refractivity contribution in [3.8, 4) is 0 Å². The maximum absolute atomic E-state index is 4.71. The van der Waals surface area contributed by atoms with Crippen LogP contribution in [0.5, 0.6) is 0 Å². The molecule has 0 unspecified atom stereocenters. The van der Waals surface area contributed by atoms with Gasteiger partial charge in [0, 0.05) is 45.5 Å². The zero-order valence-corrected chi connectivity index (χ0v) is 16.3. The van der Waals surface area contributed by atoms with Crippen LogP contribution in [-0.4, -0.2) is 61.6 Å². The Labute approximate surface area is 162 Å². The van der Waals surface area contributed by atoms with E-state index < -0.39 is 0 Å². The lowest BCUT2D eigenvalue weighted by atomic mass is 9.96. The van der Waals surface area contributed by atoms with Gasteiger partial charge in [0.1, 0.15) is 11.3 Å². The number of fused-ring (bicyclic) bond motifs is 2. The Bertz CT molecular complexity index is 1130. The third kappa shape index (κ3) is 2.74. The molecule has 0 radical (unpaired) electrons. The summed E-state index contributed by atoms with van der Waals surface area (Å²) < 4.78 is 3.80. The number of aromatic nitrogens is 7. The highest BCUT2D eigenvalue weighted by Gasteiger charge is 2.27. The van der Waals surface area contributed by atoms with E-state index in [2.05, 4.69) is 31.2 Å². The van der Waals surface area contributed by atoms with Gasteiger partial charge in [-0.25, -0.2) is 9.50 Å². The van der Waals surface area contributed by atoms with Gasteiger partial charge in [0.05, 0.1) is 5.69 Å². The van der Waals surface area contributed by atoms with E-state index in [4.69, 9.17) is 5.10 Å². The highest BCUT2D eigenvalue weighted by molar-refractivity contribution is 5.69. The maximum atomic E-state index is 4.71. The van der Waals surface area contributed by atoms with Crippen molar-refractivity contribution in [1.82, 2.24) is 34.4 Å². The molecule has 5 rings (SSSR count). The van der Waals surface area contributed by atoms with Crippen LogP contribution in [-0.2, 0) is 0 Å². The van der Waals surface area contributed by atoms with Crippen LogP contribution in [0.25, 0.3) is 11.2 Å². The first kappa shape index (κ1) is 16.9. The first-order chi connectivity index (χ1) is 13.6. The quantitative estimate of drug-likeness (QED) is 0.540. The molecular formula is C19H23N9. The molecule has 0 N–H and O–H groups in total. The predicted molar refractivity (Wildman–Crippen MR) is 107 cm³/mol. The van der Waals surface area contributed by atoms with Crippen molar-refractivity contribution < 1.29 is 0 Å². The van der Waals surface area contributed by atoms with Crippen molar-refractivity contribution in [2.45, 2.75) is 25.7 Å². The molecule has 4 aromatic rings. The Morgan fingerprint density at radius 3 is 2.68 bits per heavy atom. The van der Waals surface area contributed by atoms with Gasteiger partial charge in [-0.15, -0.1) is 15.3 Å². The molecule has 9 heteroatoms. The average Bonchev–Trinajstić information content (AvgIpc) is 3.29. The van der Waals surface area contributed by atoms with E-state index in [1.54, 1.807) is 0 Å². The molecule has 0 saturated carbocycles. The molecule has 0 aliphatic carbocycles. The largest absolute Gasteiger partial charge is 0.361 e. The molecule has 0 atom stereocenters. The third-order valence-electron chi connectivity index (χ3n) is 5.38. The summed E-state index contributed by atoms with van der Waals surface area (Å²) in [7, 11) is 3.98. The van der Waals surface area contributed by atoms with Crippen molar-refractivity contribution in [2.75, 3.05) is 37.0 Å². The van der Waals surface area contributed by atoms with Gasteiger partial charge in [0.2, 0.25) is 0 Å². The average molecular weight is 377 g/mol. The van der Waals surface area contributed by atoms with Crippen LogP contribution >= 0.6 is 0 Å². The van der Waals surface area contributed by atoms with Gasteiger partial charge in [-0.1, -0.05) is 0 Å². The minimum Gasteiger partial charge on any atom is -0.361 e. The fourth-order valence-electron chi connectivity index (χ4n) is 3.91. The van der Waals surface area contributed by atoms with E-state index in [9.17, 15) is 0 Å². The Morgan fingerprint density at radius 2 is 1.89 bits per heavy atom. The molecule has 0 aromatic carbocycles. The Kier molecular flexibility index (Phi) is 3.88. The number of rotatable bonds is 3. The van der Waals surface area contributed by atoms with Crippen LogP contribution in [0.15, 0.2) is 30.6 Å². The number of hydrogen-bond donors (Lipinski definition) is 0. The monoisotopic (exact) mass is 377 g/mol. The molecule has 1 aliphatic heterocycles. The first-order valence-electron chi connectivity index (χ1n) is 9.56. The van der Waals surface area contributed by atoms with Crippen molar-refractivity contribution >= 4 is 22.8 Å². The maximum Gasteiger partial charge on any atom is 0.178 e. The van der Waals surface area contributed by atoms with Crippen LogP contribution in [0.4, 0.5) is 11.6 Å². The summed E-state index contributed by atoms with van der Waals surface area (Å²) in [6, 6.07) is 6.03. The van der Waals surface area contributed by atoms with E-state index >= 15 is 0 Å². The Balaban J connectivity index is 1.40. The molecule has 9 nitrogen and oxygen atoms in total. The second-order valence-electron chi connectivity index (χ2n) is 7.54. The van der Waals surface area contributed by atoms with Crippen LogP contribution in [0.2, 0.25) is 0 Å². The van der Waals surface area contributed by atoms with Crippen molar-refractivity contribution in [3.05, 3.63) is 42.1 Å². The normalized spacial score (nSPS) is 15.6. The molecule has 1 saturated heterocycles. The van der Waals surface area contributed by atoms with E-state index in [0.717, 1.165) is 60.2 Å². The molecule has 0 amide bonds. The topological polar surface area (TPSA) is 79.8 Å². The zero-order chi connectivity index (χ0) is 19.3. The zero-order valence-electron chi connectivity index (χ0n) is 16.3. The van der Waals surface area contributed by atoms with Crippen LogP contribution in [0, 0.1) is 6.92 Å². The predicted octanol–water partition coefficient (Wildman–Crippen LogP) is 1.93. The van der Waals surface area contributed by atoms with Crippen LogP contribution in [0.1, 0.15) is 30.3 Å². The summed E-state index contributed by atoms with van der Waals surface area (Å²) in [5, 5.41) is 18.0. The van der Waals surface area contributed by atoms with Gasteiger partial charge >= 0.3 is 0 Å². The van der Waals surface area contributed by atoms with Gasteiger partial charge in [0.15, 0.2) is 17.3 Å². The summed E-state index contributed by atoms with van der Waals surface area (Å²) in [6.45, 7) is 3.85. The molecule has 0 spiro atoms. The van der Waals surface area contributed by atoms with Crippen molar-refractivity contribution in [1.29, 1.82) is 0 Å². The van der Waals surface area contributed by atoms with E-state index in [1.165, 1.54) is 0 Å². The van der Waals surface area contributed by atoms with Gasteiger partial charge in [-0.05, 0) is 38.0 Å². The van der Waals surface area contributed by atoms with Crippen molar-refractivity contribution in [2.24, 2.45) is 0 Å². The van der Waals surface area contributed by atoms with Gasteiger partial charge < -0.3 is 9.80 Å². The third-order valence-corrected chi connectivity index (χ3v) is 5.38. The van der Waals surface area contributed by atoms with Gasteiger partial charge in [0.25, 0.3) is 0 Å². The summed E-state index contributed by atoms with van der Waals surface area (Å²) in [6.07, 6.45) is 5.70. The molecule has 144 valence electrons. The number of nitrogens with zero attached hydrogens (tertiary/aromatic N) is 9. The molecule has 1 aliphatic rings. The highest BCUT2D eigenvalue weighted by Crippen LogP contribution is 2.30. The molecule has 5 heterocycles. The van der Waals surface area contributed by atoms with Crippen molar-refractivity contribution in [3.63, 3.8) is 0 Å². The minimum absolute atomic E-state index is 0.336. The fraction of sp³-hybridized carbons (Fsp3) is 0.421. The van der Waals surface area contributed by atoms with Crippen LogP contribution < -0.4 is 9.80 Å². The summed E-state index contributed by atoms with van der Waals surface area (Å²) in [4.78, 5) is 8.96. The summed E-state index contributed by atoms with van der Waals surface area (Å²) >= 11 is 0. The number of aryl methyl sites for hydroxylation is 1. The van der Waals surface area contributed by atoms with Crippen LogP contribution in [0.3, 0.4) is 0 Å². The summed E-state index contributed by atoms with van der Waals surface area (Å²) in [5.41, 5.74) is 2.86. The van der Waals surface area contributed by atoms with E-state index in [0.29, 0.717) is 5.92 Å². The minimum atomic E-state index is 0.336. The standard InChI is InChI=1S/C19H23N9/c1-13-12-15-19(20-8-11-27(15)23-13)26-9-6-14(7-10-26)18-22-21-16-4-5-17(25(2)3)24-28(16)18/h4-5,8,11-12,14H,6-7,9-10H2,1-3H3. The lowest BCUT2D eigenvalue weighted by Crippen LogP contribution is -2.34. The van der Waals surface area contributed by atoms with Gasteiger partial charge in [-0.2, -0.15) is 9.61 Å². The highest BCUT2D eigenvalue weighted by atomic mass is 15.4. The second kappa shape index (κ2) is 6.43. The Hall–Kier alpha value is -3.23.